The number of nitrogens with one attached hydrogen (secondary N) is 3. The molecule has 3 N–H and O–H groups in total. The van der Waals surface area contributed by atoms with Gasteiger partial charge in [-0.1, -0.05) is 90.1 Å². The third kappa shape index (κ3) is 6.88. The number of hydrogen-bond acceptors (Lipinski definition) is 4. The van der Waals surface area contributed by atoms with E-state index in [2.05, 4.69) is 106 Å². The number of amides is 2. The van der Waals surface area contributed by atoms with Gasteiger partial charge in [-0.05, 0) is 46.4 Å². The number of carbonyl (C=O) groups is 2. The van der Waals surface area contributed by atoms with E-state index in [4.69, 9.17) is 4.74 Å². The van der Waals surface area contributed by atoms with Crippen molar-refractivity contribution in [2.75, 3.05) is 13.7 Å². The standard InChI is InChI=1S/C30H43N3O3/c1-19(27(34)36-8)32-28(35)33-24-17-25(31-18-24)26(20-9-13-22(14-10-20)29(2,3)4)21-11-15-23(16-12-21)30(5,6)7/h9-16,19,24-26,31H,17-18H2,1-8H3,(H2,32,33,35)/t19-,24+,25?/m0/s1. The maximum absolute atomic E-state index is 12.5. The molecule has 6 nitrogen and oxygen atoms in total. The molecule has 0 radical (unpaired) electrons. The molecule has 0 aromatic heterocycles. The minimum atomic E-state index is -0.699. The monoisotopic (exact) mass is 493 g/mol. The second-order valence-electron chi connectivity index (χ2n) is 12.0. The van der Waals surface area contributed by atoms with Gasteiger partial charge < -0.3 is 20.7 Å². The summed E-state index contributed by atoms with van der Waals surface area (Å²) in [6.45, 7) is 15.6. The molecule has 1 saturated heterocycles. The lowest BCUT2D eigenvalue weighted by molar-refractivity contribution is -0.142. The number of urea groups is 1. The zero-order valence-corrected chi connectivity index (χ0v) is 23.1. The molecule has 0 bridgehead atoms. The van der Waals surface area contributed by atoms with Crippen LogP contribution in [0.5, 0.6) is 0 Å². The Morgan fingerprint density at radius 2 is 1.36 bits per heavy atom. The van der Waals surface area contributed by atoms with E-state index in [0.717, 1.165) is 6.42 Å². The molecule has 0 saturated carbocycles. The number of rotatable bonds is 6. The molecule has 1 fully saturated rings. The van der Waals surface area contributed by atoms with Crippen molar-refractivity contribution in [2.24, 2.45) is 0 Å². The van der Waals surface area contributed by atoms with Crippen LogP contribution in [0.2, 0.25) is 0 Å². The van der Waals surface area contributed by atoms with Gasteiger partial charge in [0.2, 0.25) is 0 Å². The van der Waals surface area contributed by atoms with Crippen molar-refractivity contribution < 1.29 is 14.3 Å². The highest BCUT2D eigenvalue weighted by Crippen LogP contribution is 2.35. The summed E-state index contributed by atoms with van der Waals surface area (Å²) < 4.78 is 4.69. The number of carbonyl (C=O) groups excluding carboxylic acids is 2. The number of esters is 1. The van der Waals surface area contributed by atoms with Gasteiger partial charge >= 0.3 is 12.0 Å². The Morgan fingerprint density at radius 3 is 1.78 bits per heavy atom. The highest BCUT2D eigenvalue weighted by atomic mass is 16.5. The Morgan fingerprint density at radius 1 is 0.889 bits per heavy atom. The highest BCUT2D eigenvalue weighted by Gasteiger charge is 2.34. The first kappa shape index (κ1) is 27.7. The van der Waals surface area contributed by atoms with Crippen molar-refractivity contribution in [1.82, 2.24) is 16.0 Å². The first-order valence-electron chi connectivity index (χ1n) is 12.9. The van der Waals surface area contributed by atoms with Crippen molar-refractivity contribution in [2.45, 2.75) is 89.8 Å². The van der Waals surface area contributed by atoms with Crippen molar-refractivity contribution in [3.05, 3.63) is 70.8 Å². The van der Waals surface area contributed by atoms with Gasteiger partial charge in [-0.15, -0.1) is 0 Å². The molecule has 36 heavy (non-hydrogen) atoms. The van der Waals surface area contributed by atoms with Crippen LogP contribution in [0.1, 0.15) is 83.1 Å². The highest BCUT2D eigenvalue weighted by molar-refractivity contribution is 5.83. The average Bonchev–Trinajstić information content (AvgIpc) is 3.25. The summed E-state index contributed by atoms with van der Waals surface area (Å²) in [4.78, 5) is 24.1. The van der Waals surface area contributed by atoms with Crippen molar-refractivity contribution >= 4 is 12.0 Å². The van der Waals surface area contributed by atoms with Gasteiger partial charge in [0.25, 0.3) is 0 Å². The molecule has 0 aliphatic carbocycles. The van der Waals surface area contributed by atoms with Crippen molar-refractivity contribution in [3.8, 4) is 0 Å². The van der Waals surface area contributed by atoms with Gasteiger partial charge in [-0.3, -0.25) is 0 Å². The maximum atomic E-state index is 12.5. The topological polar surface area (TPSA) is 79.5 Å². The van der Waals surface area contributed by atoms with Crippen LogP contribution in [0.15, 0.2) is 48.5 Å². The Kier molecular flexibility index (Phi) is 8.50. The third-order valence-electron chi connectivity index (χ3n) is 7.08. The summed E-state index contributed by atoms with van der Waals surface area (Å²) in [5.41, 5.74) is 5.32. The average molecular weight is 494 g/mol. The summed E-state index contributed by atoms with van der Waals surface area (Å²) in [6.07, 6.45) is 0.784. The zero-order chi connectivity index (χ0) is 26.7. The van der Waals surface area contributed by atoms with Gasteiger partial charge in [0.05, 0.1) is 7.11 Å². The maximum Gasteiger partial charge on any atom is 0.328 e. The van der Waals surface area contributed by atoms with E-state index >= 15 is 0 Å². The van der Waals surface area contributed by atoms with Crippen molar-refractivity contribution in [1.29, 1.82) is 0 Å². The fourth-order valence-electron chi connectivity index (χ4n) is 4.83. The minimum Gasteiger partial charge on any atom is -0.467 e. The van der Waals surface area contributed by atoms with E-state index < -0.39 is 12.0 Å². The van der Waals surface area contributed by atoms with Crippen LogP contribution in [0.4, 0.5) is 4.79 Å². The SMILES string of the molecule is COC(=O)[C@H](C)NC(=O)N[C@H]1CNC(C(c2ccc(C(C)(C)C)cc2)c2ccc(C(C)(C)C)cc2)C1. The first-order chi connectivity index (χ1) is 16.8. The Labute approximate surface area is 216 Å². The quantitative estimate of drug-likeness (QED) is 0.495. The van der Waals surface area contributed by atoms with Gasteiger partial charge in [-0.2, -0.15) is 0 Å². The van der Waals surface area contributed by atoms with Gasteiger partial charge in [0.1, 0.15) is 6.04 Å². The molecule has 3 rings (SSSR count). The molecule has 1 unspecified atom stereocenters. The van der Waals surface area contributed by atoms with Gasteiger partial charge in [0.15, 0.2) is 0 Å². The fraction of sp³-hybridized carbons (Fsp3) is 0.533. The summed E-state index contributed by atoms with van der Waals surface area (Å²) >= 11 is 0. The van der Waals surface area contributed by atoms with Crippen LogP contribution in [0, 0.1) is 0 Å². The minimum absolute atomic E-state index is 0.0370. The van der Waals surface area contributed by atoms with Crippen LogP contribution in [-0.4, -0.2) is 43.8 Å². The molecule has 1 heterocycles. The van der Waals surface area contributed by atoms with Crippen molar-refractivity contribution in [3.63, 3.8) is 0 Å². The predicted octanol–water partition coefficient (Wildman–Crippen LogP) is 5.00. The largest absolute Gasteiger partial charge is 0.467 e. The number of methoxy groups -OCH3 is 1. The molecule has 1 aliphatic rings. The van der Waals surface area contributed by atoms with Crippen LogP contribution >= 0.6 is 0 Å². The van der Waals surface area contributed by atoms with Gasteiger partial charge in [0, 0.05) is 24.5 Å². The van der Waals surface area contributed by atoms with Crippen LogP contribution in [0.25, 0.3) is 0 Å². The molecule has 2 amide bonds. The summed E-state index contributed by atoms with van der Waals surface area (Å²) in [5, 5.41) is 9.32. The normalized spacial score (nSPS) is 19.1. The molecule has 6 heteroatoms. The second-order valence-corrected chi connectivity index (χ2v) is 12.0. The Balaban J connectivity index is 1.82. The molecule has 2 aromatic rings. The van der Waals surface area contributed by atoms with E-state index in [1.165, 1.54) is 29.4 Å². The first-order valence-corrected chi connectivity index (χ1v) is 12.9. The molecule has 2 aromatic carbocycles. The summed E-state index contributed by atoms with van der Waals surface area (Å²) in [6, 6.07) is 17.0. The second kappa shape index (κ2) is 11.0. The number of hydrogen-bond donors (Lipinski definition) is 3. The van der Waals surface area contributed by atoms with E-state index in [-0.39, 0.29) is 34.9 Å². The smallest absolute Gasteiger partial charge is 0.328 e. The lowest BCUT2D eigenvalue weighted by Gasteiger charge is -2.27. The van der Waals surface area contributed by atoms with Crippen LogP contribution < -0.4 is 16.0 Å². The van der Waals surface area contributed by atoms with Crippen LogP contribution in [0.3, 0.4) is 0 Å². The van der Waals surface area contributed by atoms with E-state index in [0.29, 0.717) is 6.54 Å². The Bertz CT molecular complexity index is 976. The molecule has 3 atom stereocenters. The molecular formula is C30H43N3O3. The zero-order valence-electron chi connectivity index (χ0n) is 23.1. The Hall–Kier alpha value is -2.86. The van der Waals surface area contributed by atoms with Crippen LogP contribution in [-0.2, 0) is 20.4 Å². The van der Waals surface area contributed by atoms with E-state index in [1.807, 2.05) is 0 Å². The summed E-state index contributed by atoms with van der Waals surface area (Å²) in [5.74, 6) is -0.318. The lowest BCUT2D eigenvalue weighted by Crippen LogP contribution is -2.48. The number of benzene rings is 2. The number of ether oxygens (including phenoxy) is 1. The van der Waals surface area contributed by atoms with E-state index in [1.54, 1.807) is 6.92 Å². The molecule has 196 valence electrons. The van der Waals surface area contributed by atoms with E-state index in [9.17, 15) is 9.59 Å². The lowest BCUT2D eigenvalue weighted by atomic mass is 9.80. The molecule has 1 aliphatic heterocycles. The third-order valence-corrected chi connectivity index (χ3v) is 7.08. The molecular weight excluding hydrogens is 450 g/mol. The summed E-state index contributed by atoms with van der Waals surface area (Å²) in [7, 11) is 1.31. The molecule has 0 spiro atoms. The fourth-order valence-corrected chi connectivity index (χ4v) is 4.83. The predicted molar refractivity (Wildman–Crippen MR) is 145 cm³/mol. The van der Waals surface area contributed by atoms with Gasteiger partial charge in [-0.25, -0.2) is 9.59 Å².